The minimum Gasteiger partial charge on any atom is -0.490 e. The molecule has 15 heavy (non-hydrogen) atoms. The third-order valence-electron chi connectivity index (χ3n) is 2.49. The van der Waals surface area contributed by atoms with Crippen molar-refractivity contribution in [2.75, 3.05) is 24.6 Å². The highest BCUT2D eigenvalue weighted by Crippen LogP contribution is 2.32. The van der Waals surface area contributed by atoms with Gasteiger partial charge in [-0.15, -0.1) is 0 Å². The van der Waals surface area contributed by atoms with Gasteiger partial charge in [0.05, 0.1) is 12.2 Å². The second-order valence-electron chi connectivity index (χ2n) is 5.30. The Bertz CT molecular complexity index is 341. The molecular weight excluding hydrogens is 186 g/mol. The number of para-hydroxylation sites is 2. The number of ether oxygens (including phenoxy) is 1. The second kappa shape index (κ2) is 3.76. The van der Waals surface area contributed by atoms with Gasteiger partial charge < -0.3 is 9.64 Å². The van der Waals surface area contributed by atoms with E-state index in [2.05, 4.69) is 37.8 Å². The molecule has 1 heterocycles. The van der Waals surface area contributed by atoms with Crippen molar-refractivity contribution in [3.05, 3.63) is 24.3 Å². The van der Waals surface area contributed by atoms with Crippen LogP contribution in [0.15, 0.2) is 24.3 Å². The van der Waals surface area contributed by atoms with Gasteiger partial charge in [-0.3, -0.25) is 0 Å². The van der Waals surface area contributed by atoms with Crippen LogP contribution in [0.1, 0.15) is 20.8 Å². The first-order valence-corrected chi connectivity index (χ1v) is 5.53. The molecule has 2 nitrogen and oxygen atoms in total. The van der Waals surface area contributed by atoms with Gasteiger partial charge in [0, 0.05) is 6.54 Å². The molecule has 0 unspecified atom stereocenters. The van der Waals surface area contributed by atoms with E-state index in [1.165, 1.54) is 5.69 Å². The molecule has 0 bridgehead atoms. The molecule has 0 aromatic heterocycles. The molecule has 0 saturated carbocycles. The van der Waals surface area contributed by atoms with Gasteiger partial charge in [0.1, 0.15) is 12.4 Å². The van der Waals surface area contributed by atoms with Gasteiger partial charge in [-0.1, -0.05) is 32.9 Å². The Morgan fingerprint density at radius 1 is 1.27 bits per heavy atom. The van der Waals surface area contributed by atoms with Crippen LogP contribution in [0.25, 0.3) is 0 Å². The zero-order valence-corrected chi connectivity index (χ0v) is 9.79. The third kappa shape index (κ3) is 2.44. The minimum atomic E-state index is 0.324. The number of rotatable bonds is 1. The topological polar surface area (TPSA) is 12.5 Å². The molecule has 0 N–H and O–H groups in total. The first-order valence-electron chi connectivity index (χ1n) is 5.53. The maximum Gasteiger partial charge on any atom is 0.142 e. The van der Waals surface area contributed by atoms with E-state index in [-0.39, 0.29) is 0 Å². The molecule has 1 aromatic rings. The standard InChI is InChI=1S/C13H19NO/c1-13(2,3)10-14-8-9-15-12-7-5-4-6-11(12)14/h4-7H,8-10H2,1-3H3. The summed E-state index contributed by atoms with van der Waals surface area (Å²) in [6, 6.07) is 8.28. The van der Waals surface area contributed by atoms with Gasteiger partial charge >= 0.3 is 0 Å². The summed E-state index contributed by atoms with van der Waals surface area (Å²) in [5.41, 5.74) is 1.56. The fraction of sp³-hybridized carbons (Fsp3) is 0.538. The van der Waals surface area contributed by atoms with Gasteiger partial charge in [-0.05, 0) is 17.5 Å². The lowest BCUT2D eigenvalue weighted by atomic mass is 9.95. The zero-order chi connectivity index (χ0) is 10.9. The lowest BCUT2D eigenvalue weighted by molar-refractivity contribution is 0.294. The summed E-state index contributed by atoms with van der Waals surface area (Å²) in [7, 11) is 0. The van der Waals surface area contributed by atoms with E-state index >= 15 is 0 Å². The van der Waals surface area contributed by atoms with Crippen LogP contribution in [0.3, 0.4) is 0 Å². The van der Waals surface area contributed by atoms with E-state index in [4.69, 9.17) is 4.74 Å². The SMILES string of the molecule is CC(C)(C)CN1CCOc2ccccc21. The summed E-state index contributed by atoms with van der Waals surface area (Å²) in [6.45, 7) is 9.68. The molecule has 0 radical (unpaired) electrons. The van der Waals surface area contributed by atoms with Crippen LogP contribution in [-0.2, 0) is 0 Å². The summed E-state index contributed by atoms with van der Waals surface area (Å²) >= 11 is 0. The number of hydrogen-bond donors (Lipinski definition) is 0. The van der Waals surface area contributed by atoms with Crippen molar-refractivity contribution in [3.63, 3.8) is 0 Å². The van der Waals surface area contributed by atoms with Crippen LogP contribution in [0.2, 0.25) is 0 Å². The number of anilines is 1. The molecule has 0 aliphatic carbocycles. The molecule has 2 heteroatoms. The largest absolute Gasteiger partial charge is 0.490 e. The second-order valence-corrected chi connectivity index (χ2v) is 5.30. The molecule has 0 amide bonds. The van der Waals surface area contributed by atoms with Gasteiger partial charge in [-0.25, -0.2) is 0 Å². The molecule has 1 aliphatic heterocycles. The van der Waals surface area contributed by atoms with Crippen LogP contribution >= 0.6 is 0 Å². The van der Waals surface area contributed by atoms with Crippen LogP contribution in [0.5, 0.6) is 5.75 Å². The molecule has 2 rings (SSSR count). The maximum absolute atomic E-state index is 5.63. The number of nitrogens with zero attached hydrogens (tertiary/aromatic N) is 1. The highest BCUT2D eigenvalue weighted by molar-refractivity contribution is 5.59. The average molecular weight is 205 g/mol. The molecule has 0 spiro atoms. The lowest BCUT2D eigenvalue weighted by Crippen LogP contribution is -2.38. The lowest BCUT2D eigenvalue weighted by Gasteiger charge is -2.35. The highest BCUT2D eigenvalue weighted by Gasteiger charge is 2.22. The van der Waals surface area contributed by atoms with Crippen LogP contribution in [0.4, 0.5) is 5.69 Å². The molecule has 0 fully saturated rings. The highest BCUT2D eigenvalue weighted by atomic mass is 16.5. The first-order chi connectivity index (χ1) is 7.06. The molecule has 1 aromatic carbocycles. The van der Waals surface area contributed by atoms with E-state index in [1.807, 2.05) is 12.1 Å². The van der Waals surface area contributed by atoms with E-state index in [9.17, 15) is 0 Å². The first kappa shape index (κ1) is 10.3. The van der Waals surface area contributed by atoms with E-state index in [0.717, 1.165) is 25.4 Å². The third-order valence-corrected chi connectivity index (χ3v) is 2.49. The van der Waals surface area contributed by atoms with E-state index in [1.54, 1.807) is 0 Å². The van der Waals surface area contributed by atoms with E-state index in [0.29, 0.717) is 5.41 Å². The van der Waals surface area contributed by atoms with Crippen molar-refractivity contribution < 1.29 is 4.74 Å². The Morgan fingerprint density at radius 3 is 2.73 bits per heavy atom. The fourth-order valence-electron chi connectivity index (χ4n) is 1.96. The maximum atomic E-state index is 5.63. The van der Waals surface area contributed by atoms with E-state index < -0.39 is 0 Å². The molecular formula is C13H19NO. The predicted molar refractivity (Wildman–Crippen MR) is 63.6 cm³/mol. The van der Waals surface area contributed by atoms with Crippen molar-refractivity contribution in [3.8, 4) is 5.75 Å². The van der Waals surface area contributed by atoms with Gasteiger partial charge in [-0.2, -0.15) is 0 Å². The Kier molecular flexibility index (Phi) is 2.59. The summed E-state index contributed by atoms with van der Waals surface area (Å²) in [5, 5.41) is 0. The summed E-state index contributed by atoms with van der Waals surface area (Å²) in [6.07, 6.45) is 0. The number of fused-ring (bicyclic) bond motifs is 1. The van der Waals surface area contributed by atoms with Crippen molar-refractivity contribution >= 4 is 5.69 Å². The van der Waals surface area contributed by atoms with Crippen molar-refractivity contribution in [1.82, 2.24) is 0 Å². The Morgan fingerprint density at radius 2 is 2.00 bits per heavy atom. The summed E-state index contributed by atoms with van der Waals surface area (Å²) in [4.78, 5) is 2.42. The average Bonchev–Trinajstić information content (AvgIpc) is 2.16. The zero-order valence-electron chi connectivity index (χ0n) is 9.79. The quantitative estimate of drug-likeness (QED) is 0.699. The van der Waals surface area contributed by atoms with Gasteiger partial charge in [0.15, 0.2) is 0 Å². The predicted octanol–water partition coefficient (Wildman–Crippen LogP) is 2.93. The van der Waals surface area contributed by atoms with Gasteiger partial charge in [0.25, 0.3) is 0 Å². The van der Waals surface area contributed by atoms with Crippen LogP contribution in [0, 0.1) is 5.41 Å². The molecule has 0 atom stereocenters. The molecule has 1 aliphatic rings. The van der Waals surface area contributed by atoms with Crippen molar-refractivity contribution in [2.45, 2.75) is 20.8 Å². The molecule has 82 valence electrons. The van der Waals surface area contributed by atoms with Crippen LogP contribution in [-0.4, -0.2) is 19.7 Å². The summed E-state index contributed by atoms with van der Waals surface area (Å²) in [5.74, 6) is 1.02. The van der Waals surface area contributed by atoms with Crippen molar-refractivity contribution in [1.29, 1.82) is 0 Å². The monoisotopic (exact) mass is 205 g/mol. The number of benzene rings is 1. The summed E-state index contributed by atoms with van der Waals surface area (Å²) < 4.78 is 5.63. The minimum absolute atomic E-state index is 0.324. The fourth-order valence-corrected chi connectivity index (χ4v) is 1.96. The van der Waals surface area contributed by atoms with Gasteiger partial charge in [0.2, 0.25) is 0 Å². The van der Waals surface area contributed by atoms with Crippen LogP contribution < -0.4 is 9.64 Å². The normalized spacial score (nSPS) is 15.8. The van der Waals surface area contributed by atoms with Crippen molar-refractivity contribution in [2.24, 2.45) is 5.41 Å². The Hall–Kier alpha value is -1.18. The smallest absolute Gasteiger partial charge is 0.142 e. The Balaban J connectivity index is 2.22. The molecule has 0 saturated heterocycles. The Labute approximate surface area is 91.9 Å². The number of hydrogen-bond acceptors (Lipinski definition) is 2.